The highest BCUT2D eigenvalue weighted by Crippen LogP contribution is 2.39. The molecule has 4 heteroatoms. The zero-order valence-electron chi connectivity index (χ0n) is 12.6. The number of carbonyl (C=O) groups is 1. The van der Waals surface area contributed by atoms with E-state index in [0.717, 1.165) is 13.0 Å². The molecule has 2 heterocycles. The van der Waals surface area contributed by atoms with Gasteiger partial charge in [-0.3, -0.25) is 4.79 Å². The van der Waals surface area contributed by atoms with Gasteiger partial charge >= 0.3 is 5.97 Å². The first-order valence-electron chi connectivity index (χ1n) is 7.49. The number of carbonyl (C=O) groups excluding carboxylic acids is 1. The predicted molar refractivity (Wildman–Crippen MR) is 76.0 cm³/mol. The molecule has 0 bridgehead atoms. The second-order valence-electron chi connectivity index (χ2n) is 6.90. The molecule has 0 atom stereocenters. The second-order valence-corrected chi connectivity index (χ2v) is 6.90. The van der Waals surface area contributed by atoms with Gasteiger partial charge in [-0.2, -0.15) is 0 Å². The molecule has 1 spiro atoms. The Labute approximate surface area is 116 Å². The van der Waals surface area contributed by atoms with E-state index in [0.29, 0.717) is 5.41 Å². The minimum atomic E-state index is -0.362. The number of hydrogen-bond donors (Lipinski definition) is 1. The minimum Gasteiger partial charge on any atom is -0.469 e. The third-order valence-corrected chi connectivity index (χ3v) is 4.97. The van der Waals surface area contributed by atoms with E-state index in [9.17, 15) is 4.79 Å². The van der Waals surface area contributed by atoms with Gasteiger partial charge in [0.2, 0.25) is 0 Å². The number of likely N-dealkylation sites (tertiary alicyclic amines) is 1. The van der Waals surface area contributed by atoms with Gasteiger partial charge in [0.05, 0.1) is 12.5 Å². The van der Waals surface area contributed by atoms with Gasteiger partial charge in [0.1, 0.15) is 0 Å². The van der Waals surface area contributed by atoms with Gasteiger partial charge in [-0.05, 0) is 71.1 Å². The average molecular weight is 268 g/mol. The first-order chi connectivity index (χ1) is 8.97. The summed E-state index contributed by atoms with van der Waals surface area (Å²) in [5.74, 6) is -0.0942. The molecule has 2 rings (SSSR count). The summed E-state index contributed by atoms with van der Waals surface area (Å²) in [7, 11) is 1.48. The van der Waals surface area contributed by atoms with E-state index in [4.69, 9.17) is 4.74 Å². The van der Waals surface area contributed by atoms with Gasteiger partial charge in [0.15, 0.2) is 0 Å². The van der Waals surface area contributed by atoms with Gasteiger partial charge in [0.25, 0.3) is 0 Å². The lowest BCUT2D eigenvalue weighted by atomic mass is 9.78. The van der Waals surface area contributed by atoms with Crippen LogP contribution in [0.1, 0.15) is 39.5 Å². The smallest absolute Gasteiger partial charge is 0.311 e. The van der Waals surface area contributed by atoms with Crippen molar-refractivity contribution < 1.29 is 9.53 Å². The van der Waals surface area contributed by atoms with Crippen LogP contribution in [-0.2, 0) is 9.53 Å². The lowest BCUT2D eigenvalue weighted by Gasteiger charge is -2.34. The topological polar surface area (TPSA) is 41.6 Å². The zero-order chi connectivity index (χ0) is 13.9. The van der Waals surface area contributed by atoms with Crippen molar-refractivity contribution in [1.29, 1.82) is 0 Å². The van der Waals surface area contributed by atoms with Crippen LogP contribution >= 0.6 is 0 Å². The number of esters is 1. The quantitative estimate of drug-likeness (QED) is 0.787. The van der Waals surface area contributed by atoms with Crippen molar-refractivity contribution in [3.63, 3.8) is 0 Å². The Bertz CT molecular complexity index is 322. The SMILES string of the molecule is COC(=O)C(C)(C)CCN1CCC2(CCNCC2)C1. The Hall–Kier alpha value is -0.610. The van der Waals surface area contributed by atoms with Crippen molar-refractivity contribution in [2.45, 2.75) is 39.5 Å². The second kappa shape index (κ2) is 5.80. The highest BCUT2D eigenvalue weighted by Gasteiger charge is 2.39. The summed E-state index contributed by atoms with van der Waals surface area (Å²) in [6.45, 7) is 9.72. The molecule has 0 saturated carbocycles. The molecule has 2 aliphatic heterocycles. The molecule has 19 heavy (non-hydrogen) atoms. The number of piperidine rings is 1. The van der Waals surface area contributed by atoms with E-state index in [1.807, 2.05) is 13.8 Å². The van der Waals surface area contributed by atoms with Crippen LogP contribution in [0.15, 0.2) is 0 Å². The van der Waals surface area contributed by atoms with Crippen molar-refractivity contribution in [1.82, 2.24) is 10.2 Å². The molecule has 0 radical (unpaired) electrons. The fourth-order valence-electron chi connectivity index (χ4n) is 3.40. The fourth-order valence-corrected chi connectivity index (χ4v) is 3.40. The maximum Gasteiger partial charge on any atom is 0.311 e. The third kappa shape index (κ3) is 3.48. The Morgan fingerprint density at radius 1 is 1.32 bits per heavy atom. The van der Waals surface area contributed by atoms with E-state index in [-0.39, 0.29) is 11.4 Å². The molecule has 0 aromatic heterocycles. The molecule has 0 aromatic rings. The Kier molecular flexibility index (Phi) is 4.51. The fraction of sp³-hybridized carbons (Fsp3) is 0.933. The number of hydrogen-bond acceptors (Lipinski definition) is 4. The summed E-state index contributed by atoms with van der Waals surface area (Å²) in [6.07, 6.45) is 4.83. The van der Waals surface area contributed by atoms with Crippen molar-refractivity contribution in [2.24, 2.45) is 10.8 Å². The number of nitrogens with one attached hydrogen (secondary N) is 1. The van der Waals surface area contributed by atoms with E-state index >= 15 is 0 Å². The van der Waals surface area contributed by atoms with E-state index < -0.39 is 0 Å². The zero-order valence-corrected chi connectivity index (χ0v) is 12.6. The molecule has 2 saturated heterocycles. The summed E-state index contributed by atoms with van der Waals surface area (Å²) in [5.41, 5.74) is 0.194. The maximum absolute atomic E-state index is 11.7. The van der Waals surface area contributed by atoms with Crippen molar-refractivity contribution in [2.75, 3.05) is 39.8 Å². The number of nitrogens with zero attached hydrogens (tertiary/aromatic N) is 1. The van der Waals surface area contributed by atoms with Crippen molar-refractivity contribution in [3.05, 3.63) is 0 Å². The lowest BCUT2D eigenvalue weighted by molar-refractivity contribution is -0.151. The first-order valence-corrected chi connectivity index (χ1v) is 7.49. The van der Waals surface area contributed by atoms with Gasteiger partial charge in [-0.15, -0.1) is 0 Å². The van der Waals surface area contributed by atoms with Gasteiger partial charge in [-0.1, -0.05) is 0 Å². The Balaban J connectivity index is 1.80. The molecule has 0 unspecified atom stereocenters. The minimum absolute atomic E-state index is 0.0942. The van der Waals surface area contributed by atoms with Crippen LogP contribution in [0, 0.1) is 10.8 Å². The first kappa shape index (κ1) is 14.8. The highest BCUT2D eigenvalue weighted by atomic mass is 16.5. The van der Waals surface area contributed by atoms with E-state index in [1.54, 1.807) is 0 Å². The van der Waals surface area contributed by atoms with Crippen LogP contribution in [-0.4, -0.2) is 50.7 Å². The molecule has 0 aromatic carbocycles. The maximum atomic E-state index is 11.7. The molecule has 0 aliphatic carbocycles. The van der Waals surface area contributed by atoms with Crippen LogP contribution in [0.4, 0.5) is 0 Å². The van der Waals surface area contributed by atoms with Gasteiger partial charge in [0, 0.05) is 6.54 Å². The Morgan fingerprint density at radius 3 is 2.63 bits per heavy atom. The van der Waals surface area contributed by atoms with E-state index in [2.05, 4.69) is 10.2 Å². The molecule has 0 amide bonds. The predicted octanol–water partition coefficient (Wildman–Crippen LogP) is 1.65. The van der Waals surface area contributed by atoms with Crippen molar-refractivity contribution in [3.8, 4) is 0 Å². The standard InChI is InChI=1S/C15H28N2O2/c1-14(2,13(18)19-3)6-10-17-11-7-15(12-17)4-8-16-9-5-15/h16H,4-12H2,1-3H3. The highest BCUT2D eigenvalue weighted by molar-refractivity contribution is 5.75. The number of rotatable bonds is 4. The molecule has 2 fully saturated rings. The van der Waals surface area contributed by atoms with E-state index in [1.165, 1.54) is 52.6 Å². The molecule has 1 N–H and O–H groups in total. The monoisotopic (exact) mass is 268 g/mol. The van der Waals surface area contributed by atoms with Crippen LogP contribution < -0.4 is 5.32 Å². The summed E-state index contributed by atoms with van der Waals surface area (Å²) < 4.78 is 4.87. The summed E-state index contributed by atoms with van der Waals surface area (Å²) in [4.78, 5) is 14.2. The van der Waals surface area contributed by atoms with Gasteiger partial charge < -0.3 is 15.0 Å². The molecule has 110 valence electrons. The summed E-state index contributed by atoms with van der Waals surface area (Å²) >= 11 is 0. The largest absolute Gasteiger partial charge is 0.469 e. The third-order valence-electron chi connectivity index (χ3n) is 4.97. The number of methoxy groups -OCH3 is 1. The van der Waals surface area contributed by atoms with Gasteiger partial charge in [-0.25, -0.2) is 0 Å². The normalized spacial score (nSPS) is 23.7. The van der Waals surface area contributed by atoms with Crippen molar-refractivity contribution >= 4 is 5.97 Å². The summed E-state index contributed by atoms with van der Waals surface area (Å²) in [6, 6.07) is 0. The van der Waals surface area contributed by atoms with Crippen LogP contribution in [0.3, 0.4) is 0 Å². The average Bonchev–Trinajstić information content (AvgIpc) is 2.79. The van der Waals surface area contributed by atoms with Crippen LogP contribution in [0.5, 0.6) is 0 Å². The number of ether oxygens (including phenoxy) is 1. The van der Waals surface area contributed by atoms with Crippen LogP contribution in [0.25, 0.3) is 0 Å². The lowest BCUT2D eigenvalue weighted by Crippen LogP contribution is -2.39. The molecule has 2 aliphatic rings. The van der Waals surface area contributed by atoms with Crippen LogP contribution in [0.2, 0.25) is 0 Å². The molecule has 4 nitrogen and oxygen atoms in total. The molecular weight excluding hydrogens is 240 g/mol. The molecular formula is C15H28N2O2. The summed E-state index contributed by atoms with van der Waals surface area (Å²) in [5, 5.41) is 3.45. The Morgan fingerprint density at radius 2 is 2.00 bits per heavy atom.